The molecule has 0 spiro atoms. The number of hydrogen-bond acceptors (Lipinski definition) is 3. The number of nitrogens with zero attached hydrogens (tertiary/aromatic N) is 3. The van der Waals surface area contributed by atoms with Gasteiger partial charge in [0.1, 0.15) is 6.07 Å². The van der Waals surface area contributed by atoms with Gasteiger partial charge in [-0.2, -0.15) is 31.6 Å². The molecular weight excluding hydrogens is 424 g/mol. The molecular formula is C21H17F6N3O. The van der Waals surface area contributed by atoms with E-state index in [0.717, 1.165) is 0 Å². The zero-order valence-electron chi connectivity index (χ0n) is 16.1. The van der Waals surface area contributed by atoms with Crippen LogP contribution < -0.4 is 4.90 Å². The Hall–Kier alpha value is -3.22. The Kier molecular flexibility index (Phi) is 6.15. The highest BCUT2D eigenvalue weighted by atomic mass is 19.4. The van der Waals surface area contributed by atoms with Gasteiger partial charge in [-0.15, -0.1) is 0 Å². The molecule has 164 valence electrons. The van der Waals surface area contributed by atoms with E-state index in [4.69, 9.17) is 0 Å². The van der Waals surface area contributed by atoms with E-state index in [1.165, 1.54) is 4.90 Å². The fourth-order valence-electron chi connectivity index (χ4n) is 3.47. The highest BCUT2D eigenvalue weighted by Crippen LogP contribution is 2.36. The molecule has 2 aromatic rings. The van der Waals surface area contributed by atoms with Gasteiger partial charge in [-0.25, -0.2) is 0 Å². The molecule has 1 fully saturated rings. The van der Waals surface area contributed by atoms with Crippen molar-refractivity contribution in [1.82, 2.24) is 4.90 Å². The molecule has 2 aromatic carbocycles. The van der Waals surface area contributed by atoms with Gasteiger partial charge < -0.3 is 9.80 Å². The summed E-state index contributed by atoms with van der Waals surface area (Å²) in [7, 11) is 0. The van der Waals surface area contributed by atoms with Gasteiger partial charge in [0, 0.05) is 31.7 Å². The summed E-state index contributed by atoms with van der Waals surface area (Å²) in [4.78, 5) is 15.9. The summed E-state index contributed by atoms with van der Waals surface area (Å²) in [6, 6.07) is 9.83. The SMILES string of the molecule is N#Cc1ccccc1N1CCCN(C(=O)c2cc(C(F)(F)F)cc(C(F)(F)F)c2)CC1. The van der Waals surface area contributed by atoms with Crippen molar-refractivity contribution in [2.75, 3.05) is 31.1 Å². The van der Waals surface area contributed by atoms with E-state index in [1.807, 2.05) is 4.90 Å². The number of carbonyl (C=O) groups excluding carboxylic acids is 1. The molecule has 31 heavy (non-hydrogen) atoms. The molecule has 1 aliphatic heterocycles. The maximum Gasteiger partial charge on any atom is 0.416 e. The Labute approximate surface area is 174 Å². The van der Waals surface area contributed by atoms with Crippen molar-refractivity contribution in [1.29, 1.82) is 5.26 Å². The number of hydrogen-bond donors (Lipinski definition) is 0. The zero-order chi connectivity index (χ0) is 22.8. The van der Waals surface area contributed by atoms with Crippen LogP contribution in [0.4, 0.5) is 32.0 Å². The number of rotatable bonds is 2. The smallest absolute Gasteiger partial charge is 0.369 e. The normalized spacial score (nSPS) is 15.4. The molecule has 4 nitrogen and oxygen atoms in total. The molecule has 0 saturated carbocycles. The van der Waals surface area contributed by atoms with Crippen LogP contribution in [0.5, 0.6) is 0 Å². The minimum atomic E-state index is -5.02. The molecule has 0 aromatic heterocycles. The lowest BCUT2D eigenvalue weighted by atomic mass is 10.0. The van der Waals surface area contributed by atoms with Gasteiger partial charge in [0.2, 0.25) is 0 Å². The number of anilines is 1. The summed E-state index contributed by atoms with van der Waals surface area (Å²) in [5.74, 6) is -0.896. The van der Waals surface area contributed by atoms with Crippen LogP contribution in [0.15, 0.2) is 42.5 Å². The quantitative estimate of drug-likeness (QED) is 0.620. The Morgan fingerprint density at radius 1 is 0.871 bits per heavy atom. The molecule has 0 radical (unpaired) electrons. The van der Waals surface area contributed by atoms with Crippen molar-refractivity contribution in [2.45, 2.75) is 18.8 Å². The average molecular weight is 441 g/mol. The lowest BCUT2D eigenvalue weighted by Crippen LogP contribution is -2.35. The van der Waals surface area contributed by atoms with Crippen LogP contribution >= 0.6 is 0 Å². The first-order chi connectivity index (χ1) is 14.5. The minimum Gasteiger partial charge on any atom is -0.369 e. The van der Waals surface area contributed by atoms with Crippen LogP contribution in [0.2, 0.25) is 0 Å². The largest absolute Gasteiger partial charge is 0.416 e. The fraction of sp³-hybridized carbons (Fsp3) is 0.333. The maximum atomic E-state index is 13.1. The third-order valence-electron chi connectivity index (χ3n) is 4.98. The van der Waals surface area contributed by atoms with E-state index in [9.17, 15) is 36.4 Å². The van der Waals surface area contributed by atoms with Crippen molar-refractivity contribution >= 4 is 11.6 Å². The van der Waals surface area contributed by atoms with Crippen LogP contribution in [0.1, 0.15) is 33.5 Å². The molecule has 1 aliphatic rings. The number of nitriles is 1. The van der Waals surface area contributed by atoms with E-state index in [1.54, 1.807) is 24.3 Å². The van der Waals surface area contributed by atoms with Crippen LogP contribution in [0, 0.1) is 11.3 Å². The Bertz CT molecular complexity index is 977. The van der Waals surface area contributed by atoms with Crippen molar-refractivity contribution in [3.63, 3.8) is 0 Å². The second-order valence-corrected chi connectivity index (χ2v) is 7.06. The molecule has 10 heteroatoms. The second-order valence-electron chi connectivity index (χ2n) is 7.06. The van der Waals surface area contributed by atoms with E-state index < -0.39 is 35.0 Å². The summed E-state index contributed by atoms with van der Waals surface area (Å²) < 4.78 is 78.6. The summed E-state index contributed by atoms with van der Waals surface area (Å²) in [6.07, 6.45) is -9.60. The topological polar surface area (TPSA) is 47.3 Å². The predicted octanol–water partition coefficient (Wildman–Crippen LogP) is 4.95. The lowest BCUT2D eigenvalue weighted by molar-refractivity contribution is -0.143. The third kappa shape index (κ3) is 5.10. The molecule has 0 unspecified atom stereocenters. The van der Waals surface area contributed by atoms with Crippen LogP contribution in [-0.4, -0.2) is 37.0 Å². The number of carbonyl (C=O) groups is 1. The van der Waals surface area contributed by atoms with Crippen molar-refractivity contribution in [2.24, 2.45) is 0 Å². The van der Waals surface area contributed by atoms with Crippen molar-refractivity contribution in [3.05, 3.63) is 64.7 Å². The molecule has 0 atom stereocenters. The number of para-hydroxylation sites is 1. The number of halogens is 6. The van der Waals surface area contributed by atoms with E-state index in [0.29, 0.717) is 36.3 Å². The Morgan fingerprint density at radius 2 is 1.48 bits per heavy atom. The van der Waals surface area contributed by atoms with E-state index in [-0.39, 0.29) is 25.7 Å². The van der Waals surface area contributed by atoms with Gasteiger partial charge in [-0.05, 0) is 36.8 Å². The number of amides is 1. The van der Waals surface area contributed by atoms with E-state index >= 15 is 0 Å². The van der Waals surface area contributed by atoms with Gasteiger partial charge in [-0.3, -0.25) is 4.79 Å². The first kappa shape index (κ1) is 22.5. The second kappa shape index (κ2) is 8.49. The molecule has 0 bridgehead atoms. The molecule has 1 saturated heterocycles. The van der Waals surface area contributed by atoms with Crippen LogP contribution in [0.25, 0.3) is 0 Å². The molecule has 1 heterocycles. The Morgan fingerprint density at radius 3 is 2.06 bits per heavy atom. The van der Waals surface area contributed by atoms with Crippen LogP contribution in [0.3, 0.4) is 0 Å². The molecule has 0 N–H and O–H groups in total. The predicted molar refractivity (Wildman–Crippen MR) is 100 cm³/mol. The summed E-state index contributed by atoms with van der Waals surface area (Å²) in [5.41, 5.74) is -2.60. The average Bonchev–Trinajstić information content (AvgIpc) is 2.97. The maximum absolute atomic E-state index is 13.1. The highest BCUT2D eigenvalue weighted by molar-refractivity contribution is 5.94. The fourth-order valence-corrected chi connectivity index (χ4v) is 3.47. The Balaban J connectivity index is 1.86. The number of alkyl halides is 6. The summed E-state index contributed by atoms with van der Waals surface area (Å²) >= 11 is 0. The summed E-state index contributed by atoms with van der Waals surface area (Å²) in [5, 5.41) is 9.27. The first-order valence-electron chi connectivity index (χ1n) is 9.33. The van der Waals surface area contributed by atoms with Crippen molar-refractivity contribution < 1.29 is 31.1 Å². The molecule has 3 rings (SSSR count). The standard InChI is InChI=1S/C21H17F6N3O/c22-20(23,24)16-10-15(11-17(12-16)21(25,26)27)19(31)30-7-3-6-29(8-9-30)18-5-2-1-4-14(18)13-28/h1-2,4-5,10-12H,3,6-9H2. The van der Waals surface area contributed by atoms with Crippen LogP contribution in [-0.2, 0) is 12.4 Å². The summed E-state index contributed by atoms with van der Waals surface area (Å²) in [6.45, 7) is 1.03. The van der Waals surface area contributed by atoms with Gasteiger partial charge in [0.15, 0.2) is 0 Å². The highest BCUT2D eigenvalue weighted by Gasteiger charge is 2.38. The van der Waals surface area contributed by atoms with Gasteiger partial charge in [0.25, 0.3) is 5.91 Å². The van der Waals surface area contributed by atoms with Gasteiger partial charge in [-0.1, -0.05) is 12.1 Å². The van der Waals surface area contributed by atoms with Gasteiger partial charge in [0.05, 0.1) is 22.4 Å². The van der Waals surface area contributed by atoms with Crippen molar-refractivity contribution in [3.8, 4) is 6.07 Å². The lowest BCUT2D eigenvalue weighted by Gasteiger charge is -2.25. The minimum absolute atomic E-state index is 0.000236. The van der Waals surface area contributed by atoms with E-state index in [2.05, 4.69) is 6.07 Å². The van der Waals surface area contributed by atoms with Gasteiger partial charge >= 0.3 is 12.4 Å². The zero-order valence-corrected chi connectivity index (χ0v) is 16.1. The monoisotopic (exact) mass is 441 g/mol. The molecule has 0 aliphatic carbocycles. The third-order valence-corrected chi connectivity index (χ3v) is 4.98. The first-order valence-corrected chi connectivity index (χ1v) is 9.33. The molecule has 1 amide bonds. The number of benzene rings is 2.